The van der Waals surface area contributed by atoms with Crippen LogP contribution in [0.25, 0.3) is 0 Å². The van der Waals surface area contributed by atoms with Crippen molar-refractivity contribution in [2.45, 2.75) is 52.1 Å². The molecule has 0 spiro atoms. The smallest absolute Gasteiger partial charge is 0.306 e. The summed E-state index contributed by atoms with van der Waals surface area (Å²) in [6, 6.07) is 5.75. The summed E-state index contributed by atoms with van der Waals surface area (Å²) in [4.78, 5) is 11.0. The van der Waals surface area contributed by atoms with Crippen LogP contribution >= 0.6 is 0 Å². The van der Waals surface area contributed by atoms with Gasteiger partial charge in [0.25, 0.3) is 0 Å². The van der Waals surface area contributed by atoms with Gasteiger partial charge in [-0.1, -0.05) is 43.5 Å². The van der Waals surface area contributed by atoms with Crippen LogP contribution in [0.1, 0.15) is 49.3 Å². The van der Waals surface area contributed by atoms with E-state index in [0.717, 1.165) is 29.5 Å². The maximum absolute atomic E-state index is 11.0. The van der Waals surface area contributed by atoms with Crippen molar-refractivity contribution in [1.29, 1.82) is 0 Å². The van der Waals surface area contributed by atoms with Crippen LogP contribution < -0.4 is 0 Å². The first kappa shape index (κ1) is 14.7. The van der Waals surface area contributed by atoms with Crippen molar-refractivity contribution in [2.24, 2.45) is 0 Å². The van der Waals surface area contributed by atoms with Crippen molar-refractivity contribution in [3.8, 4) is 0 Å². The summed E-state index contributed by atoms with van der Waals surface area (Å²) < 4.78 is 0. The second-order valence-corrected chi connectivity index (χ2v) is 5.02. The quantitative estimate of drug-likeness (QED) is 0.815. The molecule has 0 aliphatic rings. The van der Waals surface area contributed by atoms with Gasteiger partial charge in [0, 0.05) is 0 Å². The summed E-state index contributed by atoms with van der Waals surface area (Å²) in [5, 5.41) is 19.7. The number of rotatable bonds is 6. The van der Waals surface area contributed by atoms with Gasteiger partial charge in [0.1, 0.15) is 5.60 Å². The van der Waals surface area contributed by atoms with E-state index in [4.69, 9.17) is 5.11 Å². The van der Waals surface area contributed by atoms with Gasteiger partial charge in [-0.25, -0.2) is 0 Å². The molecular weight excluding hydrogens is 228 g/mol. The van der Waals surface area contributed by atoms with Crippen LogP contribution in [0.15, 0.2) is 18.2 Å². The van der Waals surface area contributed by atoms with Crippen LogP contribution in [0, 0.1) is 13.8 Å². The molecule has 0 aliphatic carbocycles. The van der Waals surface area contributed by atoms with E-state index >= 15 is 0 Å². The highest BCUT2D eigenvalue weighted by molar-refractivity contribution is 5.68. The topological polar surface area (TPSA) is 57.5 Å². The van der Waals surface area contributed by atoms with Crippen molar-refractivity contribution < 1.29 is 15.0 Å². The number of carboxylic acids is 1. The molecule has 1 atom stereocenters. The summed E-state index contributed by atoms with van der Waals surface area (Å²) in [6.45, 7) is 5.93. The second-order valence-electron chi connectivity index (χ2n) is 5.02. The van der Waals surface area contributed by atoms with E-state index in [1.54, 1.807) is 0 Å². The Morgan fingerprint density at radius 2 is 2.00 bits per heavy atom. The van der Waals surface area contributed by atoms with Crippen LogP contribution in [-0.4, -0.2) is 16.2 Å². The van der Waals surface area contributed by atoms with Gasteiger partial charge >= 0.3 is 5.97 Å². The van der Waals surface area contributed by atoms with Crippen molar-refractivity contribution in [3.05, 3.63) is 34.9 Å². The van der Waals surface area contributed by atoms with Crippen LogP contribution in [0.2, 0.25) is 0 Å². The van der Waals surface area contributed by atoms with Gasteiger partial charge in [0.05, 0.1) is 6.42 Å². The van der Waals surface area contributed by atoms with Gasteiger partial charge in [-0.2, -0.15) is 0 Å². The average Bonchev–Trinajstić information content (AvgIpc) is 2.25. The Hall–Kier alpha value is -1.35. The van der Waals surface area contributed by atoms with Crippen molar-refractivity contribution in [1.82, 2.24) is 0 Å². The van der Waals surface area contributed by atoms with Crippen molar-refractivity contribution >= 4 is 5.97 Å². The summed E-state index contributed by atoms with van der Waals surface area (Å²) in [6.07, 6.45) is 2.00. The zero-order valence-electron chi connectivity index (χ0n) is 11.4. The molecule has 3 nitrogen and oxygen atoms in total. The highest BCUT2D eigenvalue weighted by atomic mass is 16.4. The van der Waals surface area contributed by atoms with Gasteiger partial charge in [0.15, 0.2) is 0 Å². The zero-order valence-corrected chi connectivity index (χ0v) is 11.4. The van der Waals surface area contributed by atoms with E-state index in [1.807, 2.05) is 39.0 Å². The highest BCUT2D eigenvalue weighted by Crippen LogP contribution is 2.33. The Kier molecular flexibility index (Phi) is 4.91. The first-order valence-corrected chi connectivity index (χ1v) is 6.41. The van der Waals surface area contributed by atoms with E-state index in [0.29, 0.717) is 6.42 Å². The lowest BCUT2D eigenvalue weighted by molar-refractivity contribution is -0.143. The second kappa shape index (κ2) is 6.01. The molecule has 0 saturated carbocycles. The minimum Gasteiger partial charge on any atom is -0.481 e. The monoisotopic (exact) mass is 250 g/mol. The molecule has 2 N–H and O–H groups in total. The Labute approximate surface area is 108 Å². The lowest BCUT2D eigenvalue weighted by Gasteiger charge is -2.29. The fraction of sp³-hybridized carbons (Fsp3) is 0.533. The Bertz CT molecular complexity index is 426. The van der Waals surface area contributed by atoms with Crippen LogP contribution in [0.3, 0.4) is 0 Å². The normalized spacial score (nSPS) is 14.2. The van der Waals surface area contributed by atoms with Gasteiger partial charge < -0.3 is 10.2 Å². The van der Waals surface area contributed by atoms with Gasteiger partial charge in [-0.3, -0.25) is 4.79 Å². The summed E-state index contributed by atoms with van der Waals surface area (Å²) in [5.74, 6) is -0.964. The van der Waals surface area contributed by atoms with Gasteiger partial charge in [0.2, 0.25) is 0 Å². The van der Waals surface area contributed by atoms with Crippen molar-refractivity contribution in [2.75, 3.05) is 0 Å². The lowest BCUT2D eigenvalue weighted by Crippen LogP contribution is -2.30. The number of aliphatic hydroxyl groups is 1. The molecule has 1 aromatic carbocycles. The van der Waals surface area contributed by atoms with Crippen LogP contribution in [0.5, 0.6) is 0 Å². The molecular formula is C15H22O3. The third-order valence-corrected chi connectivity index (χ3v) is 3.27. The van der Waals surface area contributed by atoms with E-state index in [1.165, 1.54) is 0 Å². The molecule has 0 fully saturated rings. The molecule has 0 heterocycles. The van der Waals surface area contributed by atoms with E-state index in [-0.39, 0.29) is 6.42 Å². The van der Waals surface area contributed by atoms with E-state index < -0.39 is 11.6 Å². The summed E-state index contributed by atoms with van der Waals surface area (Å²) in [7, 11) is 0. The molecule has 0 bridgehead atoms. The van der Waals surface area contributed by atoms with E-state index in [2.05, 4.69) is 0 Å². The molecule has 0 aliphatic heterocycles. The number of hydrogen-bond acceptors (Lipinski definition) is 2. The molecule has 1 rings (SSSR count). The summed E-state index contributed by atoms with van der Waals surface area (Å²) in [5.41, 5.74) is 1.56. The number of carboxylic acid groups (broad SMARTS) is 1. The first-order chi connectivity index (χ1) is 8.39. The predicted molar refractivity (Wildman–Crippen MR) is 71.6 cm³/mol. The third kappa shape index (κ3) is 3.57. The Balaban J connectivity index is 3.11. The number of hydrogen-bond donors (Lipinski definition) is 2. The number of aliphatic carboxylic acids is 1. The Morgan fingerprint density at radius 1 is 1.33 bits per heavy atom. The molecule has 0 amide bonds. The average molecular weight is 250 g/mol. The standard InChI is InChI=1S/C15H22O3/c1-4-5-8-15(18,10-14(16)17)13-7-6-11(2)9-12(13)3/h6-7,9,18H,4-5,8,10H2,1-3H3,(H,16,17). The molecule has 18 heavy (non-hydrogen) atoms. The number of unbranched alkanes of at least 4 members (excludes halogenated alkanes) is 1. The van der Waals surface area contributed by atoms with Gasteiger partial charge in [-0.15, -0.1) is 0 Å². The minimum absolute atomic E-state index is 0.239. The first-order valence-electron chi connectivity index (χ1n) is 6.41. The predicted octanol–water partition coefficient (Wildman–Crippen LogP) is 3.16. The lowest BCUT2D eigenvalue weighted by atomic mass is 9.83. The maximum atomic E-state index is 11.0. The molecule has 1 aromatic rings. The fourth-order valence-electron chi connectivity index (χ4n) is 2.37. The molecule has 1 unspecified atom stereocenters. The van der Waals surface area contributed by atoms with E-state index in [9.17, 15) is 9.90 Å². The van der Waals surface area contributed by atoms with Gasteiger partial charge in [-0.05, 0) is 31.4 Å². The maximum Gasteiger partial charge on any atom is 0.306 e. The largest absolute Gasteiger partial charge is 0.481 e. The van der Waals surface area contributed by atoms with Crippen LogP contribution in [-0.2, 0) is 10.4 Å². The number of carbonyl (C=O) groups is 1. The molecule has 0 saturated heterocycles. The van der Waals surface area contributed by atoms with Crippen molar-refractivity contribution in [3.63, 3.8) is 0 Å². The third-order valence-electron chi connectivity index (χ3n) is 3.27. The highest BCUT2D eigenvalue weighted by Gasteiger charge is 2.32. The molecule has 100 valence electrons. The molecule has 0 aromatic heterocycles. The number of aryl methyl sites for hydroxylation is 2. The number of benzene rings is 1. The zero-order chi connectivity index (χ0) is 13.8. The molecule has 3 heteroatoms. The fourth-order valence-corrected chi connectivity index (χ4v) is 2.37. The SMILES string of the molecule is CCCCC(O)(CC(=O)O)c1ccc(C)cc1C. The Morgan fingerprint density at radius 3 is 2.50 bits per heavy atom. The van der Waals surface area contributed by atoms with Crippen LogP contribution in [0.4, 0.5) is 0 Å². The minimum atomic E-state index is -1.25. The summed E-state index contributed by atoms with van der Waals surface area (Å²) >= 11 is 0. The molecule has 0 radical (unpaired) electrons.